The van der Waals surface area contributed by atoms with Crippen molar-refractivity contribution in [2.45, 2.75) is 37.8 Å². The van der Waals surface area contributed by atoms with Crippen LogP contribution in [-0.2, 0) is 22.1 Å². The summed E-state index contributed by atoms with van der Waals surface area (Å²) >= 11 is 1.63. The molecule has 0 bridgehead atoms. The predicted molar refractivity (Wildman–Crippen MR) is 121 cm³/mol. The summed E-state index contributed by atoms with van der Waals surface area (Å²) in [5.74, 6) is 1.03. The quantitative estimate of drug-likeness (QED) is 0.331. The van der Waals surface area contributed by atoms with Gasteiger partial charge in [0.25, 0.3) is 0 Å². The van der Waals surface area contributed by atoms with E-state index in [1.807, 2.05) is 6.26 Å². The van der Waals surface area contributed by atoms with Crippen LogP contribution < -0.4 is 10.6 Å². The van der Waals surface area contributed by atoms with E-state index in [-0.39, 0.29) is 42.1 Å². The maximum atomic E-state index is 13.4. The Labute approximate surface area is 177 Å². The zero-order valence-electron chi connectivity index (χ0n) is 15.9. The summed E-state index contributed by atoms with van der Waals surface area (Å²) in [6.07, 6.45) is 1.97. The third kappa shape index (κ3) is 7.99. The fraction of sp³-hybridized carbons (Fsp3) is 0.588. The van der Waals surface area contributed by atoms with Crippen molar-refractivity contribution in [2.24, 2.45) is 4.99 Å². The van der Waals surface area contributed by atoms with Crippen LogP contribution in [0.5, 0.6) is 0 Å². The lowest BCUT2D eigenvalue weighted by Crippen LogP contribution is -2.41. The molecule has 0 heterocycles. The number of aliphatic imine (C=N–C) groups is 1. The minimum Gasteiger partial charge on any atom is -0.355 e. The number of halogens is 2. The largest absolute Gasteiger partial charge is 0.355 e. The van der Waals surface area contributed by atoms with Crippen molar-refractivity contribution in [3.05, 3.63) is 35.1 Å². The summed E-state index contributed by atoms with van der Waals surface area (Å²) in [7, 11) is -1.55. The summed E-state index contributed by atoms with van der Waals surface area (Å²) < 4.78 is 36.8. The second kappa shape index (κ2) is 11.3. The average molecular weight is 517 g/mol. The van der Waals surface area contributed by atoms with E-state index < -0.39 is 14.6 Å². The molecular weight excluding hydrogens is 488 g/mol. The van der Waals surface area contributed by atoms with Crippen LogP contribution in [0.25, 0.3) is 0 Å². The number of nitrogens with zero attached hydrogens (tertiary/aromatic N) is 1. The van der Waals surface area contributed by atoms with Gasteiger partial charge in [-0.05, 0) is 50.3 Å². The number of rotatable bonds is 7. The van der Waals surface area contributed by atoms with Crippen molar-refractivity contribution in [2.75, 3.05) is 25.6 Å². The van der Waals surface area contributed by atoms with Gasteiger partial charge in [-0.25, -0.2) is 12.8 Å². The molecule has 1 rings (SSSR count). The highest BCUT2D eigenvalue weighted by Crippen LogP contribution is 2.17. The number of hydrogen-bond acceptors (Lipinski definition) is 4. The van der Waals surface area contributed by atoms with E-state index in [0.29, 0.717) is 12.5 Å². The maximum Gasteiger partial charge on any atom is 0.191 e. The van der Waals surface area contributed by atoms with Crippen LogP contribution in [0, 0.1) is 5.82 Å². The monoisotopic (exact) mass is 517 g/mol. The molecule has 0 aliphatic rings. The minimum atomic E-state index is -3.18. The van der Waals surface area contributed by atoms with Crippen LogP contribution in [0.1, 0.15) is 31.9 Å². The molecule has 0 saturated carbocycles. The standard InChI is InChI=1S/C17H28FN3O2S2.HI/c1-17(2,3)25(22,23)9-8-20-16(19-4)21-11-13-6-7-15(18)10-14(13)12-24-5;/h6-7,10H,8-9,11-12H2,1-5H3,(H2,19,20,21);1H. The van der Waals surface area contributed by atoms with Gasteiger partial charge in [-0.3, -0.25) is 4.99 Å². The minimum absolute atomic E-state index is 0. The first kappa shape index (κ1) is 25.4. The van der Waals surface area contributed by atoms with Gasteiger partial charge in [0, 0.05) is 25.9 Å². The third-order valence-corrected chi connectivity index (χ3v) is 6.94. The Morgan fingerprint density at radius 2 is 1.88 bits per heavy atom. The second-order valence-corrected chi connectivity index (χ2v) is 10.4. The Kier molecular flexibility index (Phi) is 11.1. The number of thioether (sulfide) groups is 1. The van der Waals surface area contributed by atoms with E-state index in [9.17, 15) is 12.8 Å². The van der Waals surface area contributed by atoms with Crippen molar-refractivity contribution < 1.29 is 12.8 Å². The Morgan fingerprint density at radius 3 is 2.42 bits per heavy atom. The van der Waals surface area contributed by atoms with Gasteiger partial charge in [0.1, 0.15) is 5.82 Å². The van der Waals surface area contributed by atoms with Gasteiger partial charge in [-0.15, -0.1) is 24.0 Å². The number of sulfone groups is 1. The van der Waals surface area contributed by atoms with Gasteiger partial charge < -0.3 is 10.6 Å². The molecular formula is C17H29FIN3O2S2. The molecule has 150 valence electrons. The highest BCUT2D eigenvalue weighted by molar-refractivity contribution is 14.0. The van der Waals surface area contributed by atoms with Crippen molar-refractivity contribution in [1.82, 2.24) is 10.6 Å². The summed E-state index contributed by atoms with van der Waals surface area (Å²) in [6, 6.07) is 4.73. The molecule has 1 aromatic rings. The lowest BCUT2D eigenvalue weighted by molar-refractivity contribution is 0.559. The first-order valence-electron chi connectivity index (χ1n) is 8.04. The topological polar surface area (TPSA) is 70.6 Å². The normalized spacial score (nSPS) is 12.5. The van der Waals surface area contributed by atoms with Crippen LogP contribution >= 0.6 is 35.7 Å². The average Bonchev–Trinajstić information content (AvgIpc) is 2.51. The van der Waals surface area contributed by atoms with Gasteiger partial charge in [0.05, 0.1) is 10.5 Å². The summed E-state index contributed by atoms with van der Waals surface area (Å²) in [5, 5.41) is 6.15. The summed E-state index contributed by atoms with van der Waals surface area (Å²) in [4.78, 5) is 4.10. The highest BCUT2D eigenvalue weighted by atomic mass is 127. The van der Waals surface area contributed by atoms with Crippen LogP contribution in [0.15, 0.2) is 23.2 Å². The molecule has 0 aliphatic heterocycles. The molecule has 9 heteroatoms. The highest BCUT2D eigenvalue weighted by Gasteiger charge is 2.28. The first-order chi connectivity index (χ1) is 11.6. The fourth-order valence-electron chi connectivity index (χ4n) is 2.07. The Hall–Kier alpha value is -0.550. The Bertz CT molecular complexity index is 704. The van der Waals surface area contributed by atoms with Gasteiger partial charge in [-0.2, -0.15) is 11.8 Å². The van der Waals surface area contributed by atoms with E-state index in [1.165, 1.54) is 6.07 Å². The van der Waals surface area contributed by atoms with E-state index in [4.69, 9.17) is 0 Å². The molecule has 0 fully saturated rings. The molecule has 5 nitrogen and oxygen atoms in total. The SMILES string of the molecule is CN=C(NCCS(=O)(=O)C(C)(C)C)NCc1ccc(F)cc1CSC.I. The third-order valence-electron chi connectivity index (χ3n) is 3.73. The van der Waals surface area contributed by atoms with Crippen LogP contribution in [0.4, 0.5) is 4.39 Å². The van der Waals surface area contributed by atoms with Gasteiger partial charge in [-0.1, -0.05) is 6.07 Å². The van der Waals surface area contributed by atoms with Crippen LogP contribution in [0.2, 0.25) is 0 Å². The van der Waals surface area contributed by atoms with Crippen molar-refractivity contribution in [1.29, 1.82) is 0 Å². The molecule has 26 heavy (non-hydrogen) atoms. The molecule has 0 unspecified atom stereocenters. The smallest absolute Gasteiger partial charge is 0.191 e. The molecule has 0 aromatic heterocycles. The first-order valence-corrected chi connectivity index (χ1v) is 11.1. The molecule has 0 amide bonds. The number of guanidine groups is 1. The molecule has 0 atom stereocenters. The van der Waals surface area contributed by atoms with Gasteiger partial charge in [0.2, 0.25) is 0 Å². The van der Waals surface area contributed by atoms with Crippen LogP contribution in [0.3, 0.4) is 0 Å². The Morgan fingerprint density at radius 1 is 1.23 bits per heavy atom. The summed E-state index contributed by atoms with van der Waals surface area (Å²) in [6.45, 7) is 5.84. The predicted octanol–water partition coefficient (Wildman–Crippen LogP) is 3.19. The lowest BCUT2D eigenvalue weighted by atomic mass is 10.1. The molecule has 0 saturated heterocycles. The van der Waals surface area contributed by atoms with Crippen molar-refractivity contribution in [3.63, 3.8) is 0 Å². The lowest BCUT2D eigenvalue weighted by Gasteiger charge is -2.20. The van der Waals surface area contributed by atoms with Gasteiger partial charge >= 0.3 is 0 Å². The summed E-state index contributed by atoms with van der Waals surface area (Å²) in [5.41, 5.74) is 1.92. The molecule has 1 aromatic carbocycles. The zero-order valence-corrected chi connectivity index (χ0v) is 19.9. The number of hydrogen-bond donors (Lipinski definition) is 2. The van der Waals surface area contributed by atoms with Crippen molar-refractivity contribution in [3.8, 4) is 0 Å². The second-order valence-electron chi connectivity index (χ2n) is 6.63. The fourth-order valence-corrected chi connectivity index (χ4v) is 3.63. The molecule has 0 radical (unpaired) electrons. The Balaban J connectivity index is 0.00000625. The molecule has 0 spiro atoms. The van der Waals surface area contributed by atoms with E-state index in [2.05, 4.69) is 15.6 Å². The maximum absolute atomic E-state index is 13.4. The van der Waals surface area contributed by atoms with E-state index >= 15 is 0 Å². The molecule has 2 N–H and O–H groups in total. The number of nitrogens with one attached hydrogen (secondary N) is 2. The van der Waals surface area contributed by atoms with E-state index in [0.717, 1.165) is 16.9 Å². The zero-order chi connectivity index (χ0) is 19.1. The molecule has 0 aliphatic carbocycles. The van der Waals surface area contributed by atoms with Gasteiger partial charge in [0.15, 0.2) is 15.8 Å². The van der Waals surface area contributed by atoms with Crippen LogP contribution in [-0.4, -0.2) is 44.7 Å². The number of benzene rings is 1. The van der Waals surface area contributed by atoms with E-state index in [1.54, 1.807) is 51.7 Å². The van der Waals surface area contributed by atoms with Crippen molar-refractivity contribution >= 4 is 51.5 Å².